The van der Waals surface area contributed by atoms with Gasteiger partial charge in [0, 0.05) is 25.8 Å². The summed E-state index contributed by atoms with van der Waals surface area (Å²) in [7, 11) is 0. The van der Waals surface area contributed by atoms with Gasteiger partial charge in [0.05, 0.1) is 18.2 Å². The van der Waals surface area contributed by atoms with Crippen LogP contribution in [0.4, 0.5) is 13.2 Å². The van der Waals surface area contributed by atoms with E-state index >= 15 is 0 Å². The summed E-state index contributed by atoms with van der Waals surface area (Å²) in [5.41, 5.74) is -0.236. The number of nitrogens with zero attached hydrogens (tertiary/aromatic N) is 1. The molecule has 0 radical (unpaired) electrons. The molecule has 8 heteroatoms. The quantitative estimate of drug-likeness (QED) is 0.257. The number of allylic oxidation sites excluding steroid dienone is 1. The van der Waals surface area contributed by atoms with Crippen LogP contribution in [0.2, 0.25) is 0 Å². The molecule has 0 aromatic heterocycles. The molecule has 1 heterocycles. The Morgan fingerprint density at radius 3 is 2.47 bits per heavy atom. The van der Waals surface area contributed by atoms with Gasteiger partial charge in [-0.3, -0.25) is 14.4 Å². The molecule has 1 amide bonds. The van der Waals surface area contributed by atoms with E-state index in [1.807, 2.05) is 0 Å². The molecule has 1 aromatic carbocycles. The smallest absolute Gasteiger partial charge is 0.416 e. The van der Waals surface area contributed by atoms with E-state index in [1.165, 1.54) is 18.2 Å². The molecule has 2 rings (SSSR count). The van der Waals surface area contributed by atoms with Crippen molar-refractivity contribution in [2.75, 3.05) is 13.2 Å². The average Bonchev–Trinajstić information content (AvgIpc) is 3.08. The molecule has 0 aliphatic carbocycles. The monoisotopic (exact) mass is 453 g/mol. The van der Waals surface area contributed by atoms with Crippen molar-refractivity contribution >= 4 is 17.7 Å². The van der Waals surface area contributed by atoms with E-state index in [0.717, 1.165) is 37.8 Å². The highest BCUT2D eigenvalue weighted by atomic mass is 19.4. The Labute approximate surface area is 186 Å². The molecule has 1 aliphatic rings. The number of likely N-dealkylation sites (tertiary alicyclic amines) is 1. The molecule has 0 bridgehead atoms. The van der Waals surface area contributed by atoms with Crippen molar-refractivity contribution in [1.29, 1.82) is 0 Å². The number of carbonyl (C=O) groups is 3. The topological polar surface area (TPSA) is 63.7 Å². The zero-order valence-corrected chi connectivity index (χ0v) is 18.3. The number of rotatable bonds is 12. The lowest BCUT2D eigenvalue weighted by molar-refractivity contribution is -0.143. The molecule has 32 heavy (non-hydrogen) atoms. The van der Waals surface area contributed by atoms with Crippen molar-refractivity contribution in [3.8, 4) is 0 Å². The van der Waals surface area contributed by atoms with Gasteiger partial charge in [-0.1, -0.05) is 31.1 Å². The van der Waals surface area contributed by atoms with Crippen molar-refractivity contribution < 1.29 is 32.3 Å². The number of esters is 1. The van der Waals surface area contributed by atoms with Crippen LogP contribution < -0.4 is 0 Å². The first-order chi connectivity index (χ1) is 15.2. The maximum absolute atomic E-state index is 12.6. The Morgan fingerprint density at radius 1 is 1.12 bits per heavy atom. The van der Waals surface area contributed by atoms with Crippen molar-refractivity contribution in [3.05, 3.63) is 47.5 Å². The van der Waals surface area contributed by atoms with Crippen molar-refractivity contribution in [2.24, 2.45) is 0 Å². The molecule has 5 nitrogen and oxygen atoms in total. The summed E-state index contributed by atoms with van der Waals surface area (Å²) >= 11 is 0. The minimum absolute atomic E-state index is 0.00969. The van der Waals surface area contributed by atoms with Crippen LogP contribution >= 0.6 is 0 Å². The van der Waals surface area contributed by atoms with Crippen LogP contribution in [0.15, 0.2) is 36.4 Å². The van der Waals surface area contributed by atoms with E-state index in [9.17, 15) is 27.6 Å². The van der Waals surface area contributed by atoms with Gasteiger partial charge in [0.15, 0.2) is 5.78 Å². The van der Waals surface area contributed by atoms with E-state index in [0.29, 0.717) is 38.0 Å². The zero-order chi connectivity index (χ0) is 23.6. The van der Waals surface area contributed by atoms with E-state index < -0.39 is 11.7 Å². The molecular formula is C24H30F3NO4. The highest BCUT2D eigenvalue weighted by Gasteiger charge is 2.30. The predicted octanol–water partition coefficient (Wildman–Crippen LogP) is 4.88. The van der Waals surface area contributed by atoms with Gasteiger partial charge < -0.3 is 9.64 Å². The molecule has 1 aliphatic heterocycles. The summed E-state index contributed by atoms with van der Waals surface area (Å²) in [5, 5.41) is 0. The minimum atomic E-state index is -4.40. The van der Waals surface area contributed by atoms with Crippen LogP contribution in [0.25, 0.3) is 0 Å². The maximum atomic E-state index is 12.6. The summed E-state index contributed by atoms with van der Waals surface area (Å²) in [5.74, 6) is -0.349. The first-order valence-electron chi connectivity index (χ1n) is 11.0. The standard InChI is InChI=1S/C24H30F3NO4/c1-2-32-23(31)7-5-3-4-6-16-28-20(13-15-22(28)30)12-14-21(29)17-18-8-10-19(11-9-18)24(25,26)27/h8-12,14,20H,2-7,13,15-17H2,1H3/b14-12+/t20-/m0/s1. The highest BCUT2D eigenvalue weighted by Crippen LogP contribution is 2.29. The molecule has 0 spiro atoms. The lowest BCUT2D eigenvalue weighted by Crippen LogP contribution is -2.32. The molecule has 1 atom stereocenters. The first kappa shape index (κ1) is 25.6. The molecule has 1 fully saturated rings. The highest BCUT2D eigenvalue weighted by molar-refractivity contribution is 5.91. The molecule has 176 valence electrons. The van der Waals surface area contributed by atoms with Crippen molar-refractivity contribution in [3.63, 3.8) is 0 Å². The van der Waals surface area contributed by atoms with Crippen LogP contribution in [-0.4, -0.2) is 41.8 Å². The molecule has 0 saturated carbocycles. The number of carbonyl (C=O) groups excluding carboxylic acids is 3. The molecule has 0 unspecified atom stereocenters. The Balaban J connectivity index is 1.76. The molecule has 1 saturated heterocycles. The maximum Gasteiger partial charge on any atom is 0.416 e. The zero-order valence-electron chi connectivity index (χ0n) is 18.3. The lowest BCUT2D eigenvalue weighted by atomic mass is 10.1. The van der Waals surface area contributed by atoms with E-state index in [-0.39, 0.29) is 30.1 Å². The van der Waals surface area contributed by atoms with Crippen molar-refractivity contribution in [2.45, 2.75) is 70.5 Å². The average molecular weight is 454 g/mol. The number of hydrogen-bond acceptors (Lipinski definition) is 4. The summed E-state index contributed by atoms with van der Waals surface area (Å²) in [6.45, 7) is 2.76. The van der Waals surface area contributed by atoms with Gasteiger partial charge in [-0.25, -0.2) is 0 Å². The Hall–Kier alpha value is -2.64. The number of unbranched alkanes of at least 4 members (excludes halogenated alkanes) is 3. The third-order valence-electron chi connectivity index (χ3n) is 5.37. The third kappa shape index (κ3) is 8.48. The van der Waals surface area contributed by atoms with Gasteiger partial charge >= 0.3 is 12.1 Å². The van der Waals surface area contributed by atoms with Gasteiger partial charge in [0.25, 0.3) is 0 Å². The van der Waals surface area contributed by atoms with Crippen LogP contribution in [-0.2, 0) is 31.7 Å². The van der Waals surface area contributed by atoms with E-state index in [2.05, 4.69) is 0 Å². The van der Waals surface area contributed by atoms with Crippen LogP contribution in [0.5, 0.6) is 0 Å². The number of amides is 1. The second-order valence-corrected chi connectivity index (χ2v) is 7.86. The SMILES string of the molecule is CCOC(=O)CCCCCCN1C(=O)CC[C@@H]1/C=C/C(=O)Cc1ccc(C(F)(F)F)cc1. The fraction of sp³-hybridized carbons (Fsp3) is 0.542. The number of ether oxygens (including phenoxy) is 1. The van der Waals surface area contributed by atoms with Gasteiger partial charge in [0.1, 0.15) is 0 Å². The molecule has 1 aromatic rings. The fourth-order valence-corrected chi connectivity index (χ4v) is 3.67. The summed E-state index contributed by atoms with van der Waals surface area (Å²) in [6.07, 6.45) is 3.59. The summed E-state index contributed by atoms with van der Waals surface area (Å²) < 4.78 is 42.8. The number of benzene rings is 1. The third-order valence-corrected chi connectivity index (χ3v) is 5.37. The molecule has 0 N–H and O–H groups in total. The van der Waals surface area contributed by atoms with Gasteiger partial charge in [-0.2, -0.15) is 13.2 Å². The lowest BCUT2D eigenvalue weighted by Gasteiger charge is -2.22. The largest absolute Gasteiger partial charge is 0.466 e. The van der Waals surface area contributed by atoms with Crippen LogP contribution in [0.3, 0.4) is 0 Å². The van der Waals surface area contributed by atoms with E-state index in [4.69, 9.17) is 4.74 Å². The molecular weight excluding hydrogens is 423 g/mol. The van der Waals surface area contributed by atoms with Crippen molar-refractivity contribution in [1.82, 2.24) is 4.90 Å². The minimum Gasteiger partial charge on any atom is -0.466 e. The normalized spacial score (nSPS) is 16.7. The van der Waals surface area contributed by atoms with Crippen LogP contribution in [0, 0.1) is 0 Å². The summed E-state index contributed by atoms with van der Waals surface area (Å²) in [6, 6.07) is 4.41. The van der Waals surface area contributed by atoms with Gasteiger partial charge in [-0.15, -0.1) is 0 Å². The number of ketones is 1. The van der Waals surface area contributed by atoms with Gasteiger partial charge in [0.2, 0.25) is 5.91 Å². The Morgan fingerprint density at radius 2 is 1.81 bits per heavy atom. The number of halogens is 3. The van der Waals surface area contributed by atoms with Crippen LogP contribution in [0.1, 0.15) is 63.0 Å². The Kier molecular flexibility index (Phi) is 9.94. The Bertz CT molecular complexity index is 802. The number of alkyl halides is 3. The second kappa shape index (κ2) is 12.4. The van der Waals surface area contributed by atoms with E-state index in [1.54, 1.807) is 17.9 Å². The fourth-order valence-electron chi connectivity index (χ4n) is 3.67. The second-order valence-electron chi connectivity index (χ2n) is 7.86. The van der Waals surface area contributed by atoms with Gasteiger partial charge in [-0.05, 0) is 50.0 Å². The first-order valence-corrected chi connectivity index (χ1v) is 11.0. The predicted molar refractivity (Wildman–Crippen MR) is 114 cm³/mol. The summed E-state index contributed by atoms with van der Waals surface area (Å²) in [4.78, 5) is 37.5. The number of hydrogen-bond donors (Lipinski definition) is 0.